The molecule has 0 saturated carbocycles. The number of sulfonamides is 1. The maximum Gasteiger partial charge on any atom is 0.243 e. The van der Waals surface area contributed by atoms with Crippen molar-refractivity contribution in [2.45, 2.75) is 25.7 Å². The molecule has 0 unspecified atom stereocenters. The quantitative estimate of drug-likeness (QED) is 0.750. The van der Waals surface area contributed by atoms with E-state index in [1.807, 2.05) is 6.92 Å². The Morgan fingerprint density at radius 3 is 2.50 bits per heavy atom. The van der Waals surface area contributed by atoms with Gasteiger partial charge < -0.3 is 9.84 Å². The molecule has 0 heterocycles. The molecule has 0 radical (unpaired) electrons. The number of hydrogen-bond acceptors (Lipinski definition) is 5. The summed E-state index contributed by atoms with van der Waals surface area (Å²) in [5.41, 5.74) is 1.85. The van der Waals surface area contributed by atoms with Crippen LogP contribution in [0.5, 0.6) is 11.5 Å². The highest BCUT2D eigenvalue weighted by Gasteiger charge is 2.22. The second kappa shape index (κ2) is 8.33. The molecule has 0 fully saturated rings. The third kappa shape index (κ3) is 4.05. The second-order valence-corrected chi connectivity index (χ2v) is 7.63. The zero-order valence-electron chi connectivity index (χ0n) is 15.4. The van der Waals surface area contributed by atoms with Crippen LogP contribution in [0, 0.1) is 6.92 Å². The Bertz CT molecular complexity index is 904. The van der Waals surface area contributed by atoms with Crippen LogP contribution in [0.2, 0.25) is 0 Å². The van der Waals surface area contributed by atoms with Gasteiger partial charge in [-0.25, -0.2) is 8.42 Å². The lowest BCUT2D eigenvalue weighted by Gasteiger charge is -2.18. The average Bonchev–Trinajstić information content (AvgIpc) is 2.62. The normalized spacial score (nSPS) is 12.0. The van der Waals surface area contributed by atoms with E-state index in [-0.39, 0.29) is 10.6 Å². The summed E-state index contributed by atoms with van der Waals surface area (Å²) in [5.74, 6) is 0.340. The van der Waals surface area contributed by atoms with Crippen molar-refractivity contribution in [2.24, 2.45) is 4.99 Å². The zero-order chi connectivity index (χ0) is 19.3. The van der Waals surface area contributed by atoms with E-state index >= 15 is 0 Å². The molecule has 0 bridgehead atoms. The van der Waals surface area contributed by atoms with Crippen molar-refractivity contribution in [1.29, 1.82) is 0 Å². The number of methoxy groups -OCH3 is 1. The summed E-state index contributed by atoms with van der Waals surface area (Å²) < 4.78 is 31.9. The summed E-state index contributed by atoms with van der Waals surface area (Å²) in [6, 6.07) is 9.96. The van der Waals surface area contributed by atoms with E-state index in [1.54, 1.807) is 50.2 Å². The molecule has 1 N–H and O–H groups in total. The summed E-state index contributed by atoms with van der Waals surface area (Å²) in [5, 5.41) is 10.1. The van der Waals surface area contributed by atoms with Gasteiger partial charge in [-0.05, 0) is 36.8 Å². The van der Waals surface area contributed by atoms with Gasteiger partial charge in [0.25, 0.3) is 0 Å². The van der Waals surface area contributed by atoms with E-state index in [0.717, 1.165) is 5.56 Å². The minimum absolute atomic E-state index is 0.0108. The molecule has 0 aliphatic rings. The van der Waals surface area contributed by atoms with Gasteiger partial charge in [-0.1, -0.05) is 26.0 Å². The van der Waals surface area contributed by atoms with Crippen LogP contribution in [0.1, 0.15) is 25.0 Å². The van der Waals surface area contributed by atoms with Crippen LogP contribution in [0.4, 0.5) is 5.69 Å². The van der Waals surface area contributed by atoms with Gasteiger partial charge in [0.1, 0.15) is 0 Å². The molecular formula is C19H24N2O4S. The first-order valence-electron chi connectivity index (χ1n) is 8.36. The summed E-state index contributed by atoms with van der Waals surface area (Å²) in [6.07, 6.45) is 1.49. The van der Waals surface area contributed by atoms with E-state index in [1.165, 1.54) is 17.6 Å². The van der Waals surface area contributed by atoms with Gasteiger partial charge in [0.15, 0.2) is 11.5 Å². The molecule has 0 aromatic heterocycles. The molecule has 0 aliphatic carbocycles. The Morgan fingerprint density at radius 1 is 1.19 bits per heavy atom. The zero-order valence-corrected chi connectivity index (χ0v) is 16.2. The number of aliphatic imine (C=N–C) groups is 1. The Morgan fingerprint density at radius 2 is 1.88 bits per heavy atom. The largest absolute Gasteiger partial charge is 0.504 e. The summed E-state index contributed by atoms with van der Waals surface area (Å²) in [6.45, 7) is 6.28. The van der Waals surface area contributed by atoms with Crippen LogP contribution in [0.3, 0.4) is 0 Å². The summed E-state index contributed by atoms with van der Waals surface area (Å²) in [7, 11) is -2.08. The number of nitrogens with zero attached hydrogens (tertiary/aromatic N) is 2. The maximum atomic E-state index is 12.7. The van der Waals surface area contributed by atoms with E-state index < -0.39 is 10.0 Å². The Balaban J connectivity index is 2.43. The third-order valence-electron chi connectivity index (χ3n) is 4.12. The fraction of sp³-hybridized carbons (Fsp3) is 0.316. The van der Waals surface area contributed by atoms with E-state index in [9.17, 15) is 13.5 Å². The van der Waals surface area contributed by atoms with Crippen molar-refractivity contribution >= 4 is 21.9 Å². The first kappa shape index (κ1) is 19.9. The minimum Gasteiger partial charge on any atom is -0.504 e. The van der Waals surface area contributed by atoms with E-state index in [2.05, 4.69) is 4.99 Å². The first-order chi connectivity index (χ1) is 12.3. The monoisotopic (exact) mass is 376 g/mol. The predicted octanol–water partition coefficient (Wildman–Crippen LogP) is 3.49. The molecule has 0 spiro atoms. The number of ether oxygens (including phenoxy) is 1. The first-order valence-corrected chi connectivity index (χ1v) is 9.80. The van der Waals surface area contributed by atoms with Crippen molar-refractivity contribution < 1.29 is 18.3 Å². The fourth-order valence-electron chi connectivity index (χ4n) is 2.55. The fourth-order valence-corrected chi connectivity index (χ4v) is 4.03. The summed E-state index contributed by atoms with van der Waals surface area (Å²) in [4.78, 5) is 4.58. The molecule has 0 atom stereocenters. The second-order valence-electron chi connectivity index (χ2n) is 5.69. The number of hydrogen-bond donors (Lipinski definition) is 1. The van der Waals surface area contributed by atoms with Crippen LogP contribution in [0.25, 0.3) is 0 Å². The van der Waals surface area contributed by atoms with Gasteiger partial charge >= 0.3 is 0 Å². The summed E-state index contributed by atoms with van der Waals surface area (Å²) >= 11 is 0. The average molecular weight is 376 g/mol. The van der Waals surface area contributed by atoms with Crippen LogP contribution in [0.15, 0.2) is 46.3 Å². The van der Waals surface area contributed by atoms with Gasteiger partial charge in [-0.2, -0.15) is 4.31 Å². The van der Waals surface area contributed by atoms with Crippen LogP contribution < -0.4 is 4.74 Å². The van der Waals surface area contributed by atoms with Gasteiger partial charge in [0.2, 0.25) is 10.0 Å². The maximum absolute atomic E-state index is 12.7. The highest BCUT2D eigenvalue weighted by Crippen LogP contribution is 2.29. The Labute approximate surface area is 154 Å². The molecule has 0 aliphatic heterocycles. The third-order valence-corrected chi connectivity index (χ3v) is 6.16. The molecule has 140 valence electrons. The standard InChI is InChI=1S/C19H24N2O4S/c1-5-21(6-2)26(23,24)16-11-10-14(3)17(12-16)20-13-15-8-7-9-18(25-4)19(15)22/h7-13,22H,5-6H2,1-4H3. The molecule has 0 saturated heterocycles. The Hall–Kier alpha value is -2.38. The molecule has 2 aromatic carbocycles. The number of phenols is 1. The minimum atomic E-state index is -3.55. The van der Waals surface area contributed by atoms with Gasteiger partial charge in [0.05, 0.1) is 17.7 Å². The number of rotatable bonds is 7. The van der Waals surface area contributed by atoms with Gasteiger partial charge in [-0.15, -0.1) is 0 Å². The highest BCUT2D eigenvalue weighted by atomic mass is 32.2. The van der Waals surface area contributed by atoms with Gasteiger partial charge in [-0.3, -0.25) is 4.99 Å². The molecule has 6 nitrogen and oxygen atoms in total. The number of benzene rings is 2. The van der Waals surface area contributed by atoms with Crippen LogP contribution >= 0.6 is 0 Å². The lowest BCUT2D eigenvalue weighted by Crippen LogP contribution is -2.30. The topological polar surface area (TPSA) is 79.2 Å². The van der Waals surface area contributed by atoms with Crippen molar-refractivity contribution in [3.05, 3.63) is 47.5 Å². The van der Waals surface area contributed by atoms with Crippen molar-refractivity contribution in [2.75, 3.05) is 20.2 Å². The van der Waals surface area contributed by atoms with Crippen molar-refractivity contribution in [3.63, 3.8) is 0 Å². The molecular weight excluding hydrogens is 352 g/mol. The molecule has 2 rings (SSSR count). The molecule has 26 heavy (non-hydrogen) atoms. The van der Waals surface area contributed by atoms with E-state index in [0.29, 0.717) is 30.1 Å². The lowest BCUT2D eigenvalue weighted by molar-refractivity contribution is 0.373. The SMILES string of the molecule is CCN(CC)S(=O)(=O)c1ccc(C)c(N=Cc2cccc(OC)c2O)c1. The smallest absolute Gasteiger partial charge is 0.243 e. The van der Waals surface area contributed by atoms with Crippen LogP contribution in [-0.2, 0) is 10.0 Å². The van der Waals surface area contributed by atoms with Gasteiger partial charge in [0, 0.05) is 24.9 Å². The molecule has 0 amide bonds. The van der Waals surface area contributed by atoms with Crippen molar-refractivity contribution in [1.82, 2.24) is 4.31 Å². The lowest BCUT2D eigenvalue weighted by atomic mass is 10.2. The van der Waals surface area contributed by atoms with E-state index in [4.69, 9.17) is 4.74 Å². The number of phenolic OH excluding ortho intramolecular Hbond substituents is 1. The van der Waals surface area contributed by atoms with Crippen LogP contribution in [-0.4, -0.2) is 44.2 Å². The number of para-hydroxylation sites is 1. The molecule has 7 heteroatoms. The Kier molecular flexibility index (Phi) is 6.39. The van der Waals surface area contributed by atoms with Crippen molar-refractivity contribution in [3.8, 4) is 11.5 Å². The number of aryl methyl sites for hydroxylation is 1. The predicted molar refractivity (Wildman–Crippen MR) is 103 cm³/mol. The highest BCUT2D eigenvalue weighted by molar-refractivity contribution is 7.89. The number of aromatic hydroxyl groups is 1. The molecule has 2 aromatic rings.